The van der Waals surface area contributed by atoms with Gasteiger partial charge in [-0.3, -0.25) is 4.79 Å². The van der Waals surface area contributed by atoms with Crippen LogP contribution in [-0.2, 0) is 14.6 Å². The molecule has 0 spiro atoms. The van der Waals surface area contributed by atoms with Crippen LogP contribution in [0.1, 0.15) is 24.0 Å². The number of rotatable bonds is 4. The molecular weight excluding hydrogens is 288 g/mol. The van der Waals surface area contributed by atoms with Crippen LogP contribution in [0.2, 0.25) is 0 Å². The average molecular weight is 310 g/mol. The number of anilines is 1. The van der Waals surface area contributed by atoms with E-state index in [4.69, 9.17) is 0 Å². The molecule has 0 aromatic heterocycles. The quantitative estimate of drug-likeness (QED) is 0.882. The van der Waals surface area contributed by atoms with E-state index in [1.165, 1.54) is 0 Å². The van der Waals surface area contributed by atoms with E-state index in [2.05, 4.69) is 10.6 Å². The molecule has 0 aliphatic carbocycles. The fraction of sp³-hybridized carbons (Fsp3) is 0.533. The Morgan fingerprint density at radius 1 is 1.29 bits per heavy atom. The van der Waals surface area contributed by atoms with Crippen molar-refractivity contribution in [3.63, 3.8) is 0 Å². The SMILES string of the molecule is Cc1cccc(C)c1NCC(=O)N[C@@H]1CCCS(=O)(=O)C1. The Kier molecular flexibility index (Phi) is 4.88. The normalized spacial score (nSPS) is 20.8. The Balaban J connectivity index is 1.88. The summed E-state index contributed by atoms with van der Waals surface area (Å²) in [5.41, 5.74) is 3.13. The van der Waals surface area contributed by atoms with E-state index in [9.17, 15) is 13.2 Å². The summed E-state index contributed by atoms with van der Waals surface area (Å²) in [6.07, 6.45) is 1.35. The monoisotopic (exact) mass is 310 g/mol. The summed E-state index contributed by atoms with van der Waals surface area (Å²) in [7, 11) is -2.99. The summed E-state index contributed by atoms with van der Waals surface area (Å²) in [6, 6.07) is 5.70. The van der Waals surface area contributed by atoms with Crippen molar-refractivity contribution in [2.24, 2.45) is 0 Å². The van der Waals surface area contributed by atoms with E-state index >= 15 is 0 Å². The lowest BCUT2D eigenvalue weighted by Crippen LogP contribution is -2.45. The molecule has 1 aromatic rings. The molecule has 1 fully saturated rings. The third kappa shape index (κ3) is 4.46. The van der Waals surface area contributed by atoms with Gasteiger partial charge in [0.25, 0.3) is 0 Å². The third-order valence-corrected chi connectivity index (χ3v) is 5.56. The fourth-order valence-electron chi connectivity index (χ4n) is 2.68. The number of amides is 1. The fourth-order valence-corrected chi connectivity index (χ4v) is 4.31. The van der Waals surface area contributed by atoms with Crippen LogP contribution >= 0.6 is 0 Å². The predicted octanol–water partition coefficient (Wildman–Crippen LogP) is 1.41. The molecule has 21 heavy (non-hydrogen) atoms. The van der Waals surface area contributed by atoms with Crippen molar-refractivity contribution >= 4 is 21.4 Å². The van der Waals surface area contributed by atoms with Gasteiger partial charge in [0.1, 0.15) is 0 Å². The Morgan fingerprint density at radius 2 is 1.95 bits per heavy atom. The molecule has 0 radical (unpaired) electrons. The van der Waals surface area contributed by atoms with Gasteiger partial charge in [-0.2, -0.15) is 0 Å². The van der Waals surface area contributed by atoms with Crippen LogP contribution in [0.25, 0.3) is 0 Å². The summed E-state index contributed by atoms with van der Waals surface area (Å²) in [4.78, 5) is 11.9. The second-order valence-corrected chi connectivity index (χ2v) is 7.87. The first-order chi connectivity index (χ1) is 9.87. The van der Waals surface area contributed by atoms with Crippen molar-refractivity contribution in [2.75, 3.05) is 23.4 Å². The summed E-state index contributed by atoms with van der Waals surface area (Å²) >= 11 is 0. The molecule has 1 aliphatic heterocycles. The maximum Gasteiger partial charge on any atom is 0.239 e. The summed E-state index contributed by atoms with van der Waals surface area (Å²) in [6.45, 7) is 4.13. The van der Waals surface area contributed by atoms with Crippen LogP contribution in [0.5, 0.6) is 0 Å². The Bertz CT molecular complexity index is 606. The van der Waals surface area contributed by atoms with Gasteiger partial charge in [0.15, 0.2) is 9.84 Å². The second kappa shape index (κ2) is 6.47. The topological polar surface area (TPSA) is 75.3 Å². The van der Waals surface area contributed by atoms with Gasteiger partial charge in [-0.25, -0.2) is 8.42 Å². The van der Waals surface area contributed by atoms with Gasteiger partial charge in [0.05, 0.1) is 18.1 Å². The van der Waals surface area contributed by atoms with Crippen LogP contribution < -0.4 is 10.6 Å². The molecular formula is C15H22N2O3S. The first-order valence-electron chi connectivity index (χ1n) is 7.17. The van der Waals surface area contributed by atoms with Crippen LogP contribution in [0.15, 0.2) is 18.2 Å². The van der Waals surface area contributed by atoms with E-state index < -0.39 is 9.84 Å². The van der Waals surface area contributed by atoms with Gasteiger partial charge in [-0.05, 0) is 37.8 Å². The molecule has 1 heterocycles. The minimum atomic E-state index is -2.99. The number of carbonyl (C=O) groups excluding carboxylic acids is 1. The van der Waals surface area contributed by atoms with Gasteiger partial charge in [-0.1, -0.05) is 18.2 Å². The number of para-hydroxylation sites is 1. The van der Waals surface area contributed by atoms with E-state index in [0.29, 0.717) is 6.42 Å². The molecule has 0 bridgehead atoms. The highest BCUT2D eigenvalue weighted by Gasteiger charge is 2.25. The van der Waals surface area contributed by atoms with Crippen molar-refractivity contribution in [1.29, 1.82) is 0 Å². The minimum Gasteiger partial charge on any atom is -0.376 e. The average Bonchev–Trinajstić information content (AvgIpc) is 2.36. The summed E-state index contributed by atoms with van der Waals surface area (Å²) in [5.74, 6) is 0.127. The Labute approximate surface area is 126 Å². The van der Waals surface area contributed by atoms with Crippen LogP contribution in [-0.4, -0.2) is 38.4 Å². The van der Waals surface area contributed by atoms with Crippen molar-refractivity contribution in [1.82, 2.24) is 5.32 Å². The van der Waals surface area contributed by atoms with Crippen molar-refractivity contribution in [2.45, 2.75) is 32.7 Å². The largest absolute Gasteiger partial charge is 0.376 e. The van der Waals surface area contributed by atoms with E-state index in [1.807, 2.05) is 32.0 Å². The molecule has 1 aliphatic rings. The molecule has 1 saturated heterocycles. The second-order valence-electron chi connectivity index (χ2n) is 5.64. The lowest BCUT2D eigenvalue weighted by atomic mass is 10.1. The Hall–Kier alpha value is -1.56. The van der Waals surface area contributed by atoms with Crippen LogP contribution in [0.4, 0.5) is 5.69 Å². The number of hydrogen-bond donors (Lipinski definition) is 2. The number of carbonyl (C=O) groups is 1. The van der Waals surface area contributed by atoms with Gasteiger partial charge in [-0.15, -0.1) is 0 Å². The molecule has 6 heteroatoms. The lowest BCUT2D eigenvalue weighted by Gasteiger charge is -2.23. The van der Waals surface area contributed by atoms with E-state index in [0.717, 1.165) is 23.2 Å². The van der Waals surface area contributed by atoms with Crippen LogP contribution in [0, 0.1) is 13.8 Å². The molecule has 5 nitrogen and oxygen atoms in total. The maximum atomic E-state index is 11.9. The van der Waals surface area contributed by atoms with E-state index in [1.54, 1.807) is 0 Å². The molecule has 1 atom stereocenters. The van der Waals surface area contributed by atoms with Crippen molar-refractivity contribution in [3.8, 4) is 0 Å². The minimum absolute atomic E-state index is 0.0577. The van der Waals surface area contributed by atoms with Crippen LogP contribution in [0.3, 0.4) is 0 Å². The number of benzene rings is 1. The highest BCUT2D eigenvalue weighted by atomic mass is 32.2. The van der Waals surface area contributed by atoms with E-state index in [-0.39, 0.29) is 30.0 Å². The smallest absolute Gasteiger partial charge is 0.239 e. The standard InChI is InChI=1S/C15H22N2O3S/c1-11-5-3-6-12(2)15(11)16-9-14(18)17-13-7-4-8-21(19,20)10-13/h3,5-6,13,16H,4,7-10H2,1-2H3,(H,17,18)/t13-/m1/s1. The zero-order chi connectivity index (χ0) is 15.5. The number of aryl methyl sites for hydroxylation is 2. The number of nitrogens with one attached hydrogen (secondary N) is 2. The molecule has 1 aromatic carbocycles. The molecule has 0 saturated carbocycles. The van der Waals surface area contributed by atoms with Crippen molar-refractivity contribution in [3.05, 3.63) is 29.3 Å². The predicted molar refractivity (Wildman–Crippen MR) is 84.2 cm³/mol. The summed E-state index contributed by atoms with van der Waals surface area (Å²) in [5, 5.41) is 5.93. The zero-order valence-electron chi connectivity index (χ0n) is 12.5. The van der Waals surface area contributed by atoms with Gasteiger partial charge in [0.2, 0.25) is 5.91 Å². The highest BCUT2D eigenvalue weighted by Crippen LogP contribution is 2.19. The molecule has 1 amide bonds. The number of hydrogen-bond acceptors (Lipinski definition) is 4. The number of sulfone groups is 1. The molecule has 116 valence electrons. The van der Waals surface area contributed by atoms with Crippen molar-refractivity contribution < 1.29 is 13.2 Å². The first-order valence-corrected chi connectivity index (χ1v) is 8.99. The molecule has 2 N–H and O–H groups in total. The first kappa shape index (κ1) is 15.8. The maximum absolute atomic E-state index is 11.9. The lowest BCUT2D eigenvalue weighted by molar-refractivity contribution is -0.120. The molecule has 0 unspecified atom stereocenters. The highest BCUT2D eigenvalue weighted by molar-refractivity contribution is 7.91. The Morgan fingerprint density at radius 3 is 2.57 bits per heavy atom. The van der Waals surface area contributed by atoms with Gasteiger partial charge >= 0.3 is 0 Å². The summed E-state index contributed by atoms with van der Waals surface area (Å²) < 4.78 is 23.1. The molecule has 2 rings (SSSR count). The van der Waals surface area contributed by atoms with Gasteiger partial charge in [0, 0.05) is 11.7 Å². The third-order valence-electron chi connectivity index (χ3n) is 3.74. The van der Waals surface area contributed by atoms with Gasteiger partial charge < -0.3 is 10.6 Å². The zero-order valence-corrected chi connectivity index (χ0v) is 13.3.